The third-order valence-electron chi connectivity index (χ3n) is 7.40. The summed E-state index contributed by atoms with van der Waals surface area (Å²) in [5.41, 5.74) is 11.2. The standard InChI is InChI=1S/C25H30FN3O/c1-2-22(25(30)20-9-8-17(26)15-21(20)27)28-13-10-18-19-7-3-5-16-6-4-12-29(24(16)19)23(18)11-14-28/h3,5,7-9,15,18,22-23H,2,4,6,10-14,27H2,1H3. The minimum atomic E-state index is -0.403. The molecule has 0 amide bonds. The van der Waals surface area contributed by atoms with E-state index in [0.717, 1.165) is 38.9 Å². The molecule has 2 aromatic carbocycles. The van der Waals surface area contributed by atoms with E-state index in [-0.39, 0.29) is 17.5 Å². The molecule has 4 nitrogen and oxygen atoms in total. The summed E-state index contributed by atoms with van der Waals surface area (Å²) in [5, 5.41) is 0. The summed E-state index contributed by atoms with van der Waals surface area (Å²) < 4.78 is 13.5. The van der Waals surface area contributed by atoms with Crippen molar-refractivity contribution in [3.63, 3.8) is 0 Å². The van der Waals surface area contributed by atoms with E-state index in [0.29, 0.717) is 17.5 Å². The normalized spacial score (nSPS) is 24.1. The maximum atomic E-state index is 13.5. The van der Waals surface area contributed by atoms with Gasteiger partial charge in [0.05, 0.1) is 6.04 Å². The quantitative estimate of drug-likeness (QED) is 0.604. The van der Waals surface area contributed by atoms with Crippen molar-refractivity contribution >= 4 is 17.2 Å². The van der Waals surface area contributed by atoms with Crippen LogP contribution in [0.15, 0.2) is 36.4 Å². The maximum absolute atomic E-state index is 13.5. The molecule has 3 atom stereocenters. The zero-order chi connectivity index (χ0) is 20.8. The fraction of sp³-hybridized carbons (Fsp3) is 0.480. The number of carbonyl (C=O) groups excluding carboxylic acids is 1. The van der Waals surface area contributed by atoms with Gasteiger partial charge in [-0.2, -0.15) is 0 Å². The Morgan fingerprint density at radius 3 is 2.83 bits per heavy atom. The van der Waals surface area contributed by atoms with Gasteiger partial charge in [0.15, 0.2) is 5.78 Å². The first kappa shape index (κ1) is 19.6. The van der Waals surface area contributed by atoms with Crippen molar-refractivity contribution in [2.45, 2.75) is 57.0 Å². The van der Waals surface area contributed by atoms with Gasteiger partial charge in [-0.25, -0.2) is 4.39 Å². The van der Waals surface area contributed by atoms with Crippen LogP contribution in [-0.4, -0.2) is 42.4 Å². The first-order valence-corrected chi connectivity index (χ1v) is 11.3. The molecule has 0 aromatic heterocycles. The zero-order valence-electron chi connectivity index (χ0n) is 17.6. The molecule has 0 saturated carbocycles. The van der Waals surface area contributed by atoms with Crippen LogP contribution in [0.25, 0.3) is 0 Å². The van der Waals surface area contributed by atoms with Crippen LogP contribution in [-0.2, 0) is 6.42 Å². The lowest BCUT2D eigenvalue weighted by Crippen LogP contribution is -2.43. The van der Waals surface area contributed by atoms with Gasteiger partial charge in [-0.05, 0) is 68.0 Å². The molecule has 0 spiro atoms. The maximum Gasteiger partial charge on any atom is 0.182 e. The van der Waals surface area contributed by atoms with Crippen LogP contribution in [0, 0.1) is 5.82 Å². The number of halogens is 1. The number of nitrogens with zero attached hydrogens (tertiary/aromatic N) is 2. The fourth-order valence-corrected chi connectivity index (χ4v) is 6.05. The topological polar surface area (TPSA) is 49.6 Å². The summed E-state index contributed by atoms with van der Waals surface area (Å²) in [6, 6.07) is 11.3. The van der Waals surface area contributed by atoms with Crippen LogP contribution in [0.4, 0.5) is 15.8 Å². The molecule has 1 saturated heterocycles. The second-order valence-electron chi connectivity index (χ2n) is 8.96. The largest absolute Gasteiger partial charge is 0.398 e. The number of nitrogen functional groups attached to an aromatic ring is 1. The molecule has 2 N–H and O–H groups in total. The van der Waals surface area contributed by atoms with Crippen molar-refractivity contribution < 1.29 is 9.18 Å². The van der Waals surface area contributed by atoms with Gasteiger partial charge in [-0.15, -0.1) is 0 Å². The number of hydrogen-bond acceptors (Lipinski definition) is 4. The highest BCUT2D eigenvalue weighted by Gasteiger charge is 2.43. The van der Waals surface area contributed by atoms with E-state index in [1.54, 1.807) is 0 Å². The zero-order valence-corrected chi connectivity index (χ0v) is 17.6. The van der Waals surface area contributed by atoms with Gasteiger partial charge in [0.25, 0.3) is 0 Å². The summed E-state index contributed by atoms with van der Waals surface area (Å²) in [5.74, 6) is 0.161. The Morgan fingerprint density at radius 1 is 1.20 bits per heavy atom. The molecule has 5 rings (SSSR count). The van der Waals surface area contributed by atoms with E-state index in [9.17, 15) is 9.18 Å². The third-order valence-corrected chi connectivity index (χ3v) is 7.40. The van der Waals surface area contributed by atoms with Crippen molar-refractivity contribution in [2.24, 2.45) is 0 Å². The number of rotatable bonds is 4. The van der Waals surface area contributed by atoms with Crippen molar-refractivity contribution in [1.82, 2.24) is 4.90 Å². The highest BCUT2D eigenvalue weighted by atomic mass is 19.1. The average molecular weight is 408 g/mol. The minimum Gasteiger partial charge on any atom is -0.398 e. The Morgan fingerprint density at radius 2 is 2.03 bits per heavy atom. The van der Waals surface area contributed by atoms with Crippen LogP contribution in [0.3, 0.4) is 0 Å². The van der Waals surface area contributed by atoms with E-state index in [4.69, 9.17) is 5.73 Å². The highest BCUT2D eigenvalue weighted by molar-refractivity contribution is 6.04. The molecule has 5 heteroatoms. The van der Waals surface area contributed by atoms with Crippen molar-refractivity contribution in [1.29, 1.82) is 0 Å². The van der Waals surface area contributed by atoms with Crippen molar-refractivity contribution in [2.75, 3.05) is 30.3 Å². The second kappa shape index (κ2) is 7.69. The van der Waals surface area contributed by atoms with Crippen LogP contribution >= 0.6 is 0 Å². The molecule has 0 bridgehead atoms. The summed E-state index contributed by atoms with van der Waals surface area (Å²) in [4.78, 5) is 18.3. The number of aryl methyl sites for hydroxylation is 1. The number of ketones is 1. The van der Waals surface area contributed by atoms with E-state index in [1.165, 1.54) is 47.9 Å². The number of hydrogen-bond donors (Lipinski definition) is 1. The van der Waals surface area contributed by atoms with Crippen LogP contribution in [0.2, 0.25) is 0 Å². The van der Waals surface area contributed by atoms with E-state index < -0.39 is 5.82 Å². The van der Waals surface area contributed by atoms with Crippen LogP contribution < -0.4 is 10.6 Å². The number of carbonyl (C=O) groups is 1. The second-order valence-corrected chi connectivity index (χ2v) is 8.96. The number of nitrogens with two attached hydrogens (primary N) is 1. The molecule has 3 unspecified atom stereocenters. The molecule has 30 heavy (non-hydrogen) atoms. The van der Waals surface area contributed by atoms with Crippen LogP contribution in [0.1, 0.15) is 60.0 Å². The predicted octanol–water partition coefficient (Wildman–Crippen LogP) is 4.38. The Kier molecular flexibility index (Phi) is 5.02. The number of benzene rings is 2. The van der Waals surface area contributed by atoms with Gasteiger partial charge in [-0.3, -0.25) is 9.69 Å². The molecule has 0 radical (unpaired) electrons. The van der Waals surface area contributed by atoms with Gasteiger partial charge >= 0.3 is 0 Å². The van der Waals surface area contributed by atoms with Crippen molar-refractivity contribution in [3.8, 4) is 0 Å². The molecule has 158 valence electrons. The smallest absolute Gasteiger partial charge is 0.182 e. The number of anilines is 2. The first-order chi connectivity index (χ1) is 14.6. The van der Waals surface area contributed by atoms with Gasteiger partial charge in [-0.1, -0.05) is 25.1 Å². The molecule has 1 fully saturated rings. The van der Waals surface area contributed by atoms with Crippen molar-refractivity contribution in [3.05, 3.63) is 58.9 Å². The molecule has 3 aliphatic rings. The molecule has 0 aliphatic carbocycles. The Bertz CT molecular complexity index is 975. The third kappa shape index (κ3) is 3.11. The predicted molar refractivity (Wildman–Crippen MR) is 119 cm³/mol. The van der Waals surface area contributed by atoms with Gasteiger partial charge in [0.1, 0.15) is 5.82 Å². The van der Waals surface area contributed by atoms with Gasteiger partial charge in [0.2, 0.25) is 0 Å². The molecule has 2 aromatic rings. The summed E-state index contributed by atoms with van der Waals surface area (Å²) >= 11 is 0. The molecule has 3 aliphatic heterocycles. The van der Waals surface area contributed by atoms with E-state index in [2.05, 4.69) is 34.9 Å². The lowest BCUT2D eigenvalue weighted by molar-refractivity contribution is 0.0815. The molecule has 3 heterocycles. The van der Waals surface area contributed by atoms with E-state index >= 15 is 0 Å². The Hall–Kier alpha value is -2.40. The van der Waals surface area contributed by atoms with Gasteiger partial charge in [0, 0.05) is 42.0 Å². The minimum absolute atomic E-state index is 0.0164. The lowest BCUT2D eigenvalue weighted by atomic mass is 9.90. The SMILES string of the molecule is CCC(C(=O)c1ccc(F)cc1N)N1CCC2c3cccc4c3N(CCC4)C2CC1. The lowest BCUT2D eigenvalue weighted by Gasteiger charge is -2.34. The molecular formula is C25H30FN3O. The first-order valence-electron chi connectivity index (χ1n) is 11.3. The van der Waals surface area contributed by atoms with E-state index in [1.807, 2.05) is 0 Å². The van der Waals surface area contributed by atoms with Crippen LogP contribution in [0.5, 0.6) is 0 Å². The highest BCUT2D eigenvalue weighted by Crippen LogP contribution is 2.49. The summed E-state index contributed by atoms with van der Waals surface area (Å²) in [6.07, 6.45) is 5.29. The summed E-state index contributed by atoms with van der Waals surface area (Å²) in [6.45, 7) is 5.02. The van der Waals surface area contributed by atoms with Gasteiger partial charge < -0.3 is 10.6 Å². The fourth-order valence-electron chi connectivity index (χ4n) is 6.05. The number of likely N-dealkylation sites (tertiary alicyclic amines) is 1. The Balaban J connectivity index is 1.39. The average Bonchev–Trinajstić information content (AvgIpc) is 2.90. The summed E-state index contributed by atoms with van der Waals surface area (Å²) in [7, 11) is 0. The monoisotopic (exact) mass is 407 g/mol. The number of Topliss-reactive ketones (excluding diaryl/α,β-unsaturated/α-hetero) is 1. The molecular weight excluding hydrogens is 377 g/mol. The number of para-hydroxylation sites is 1. The number of fused-ring (bicyclic) bond motifs is 3. The Labute approximate surface area is 177 Å².